The third kappa shape index (κ3) is 4.12. The highest BCUT2D eigenvalue weighted by atomic mass is 35.5. The van der Waals surface area contributed by atoms with Crippen LogP contribution in [0.2, 0.25) is 0 Å². The van der Waals surface area contributed by atoms with E-state index in [0.29, 0.717) is 6.61 Å². The van der Waals surface area contributed by atoms with Gasteiger partial charge in [-0.05, 0) is 18.6 Å². The van der Waals surface area contributed by atoms with Gasteiger partial charge in [-0.25, -0.2) is 8.42 Å². The standard InChI is InChI=1S/C8H14ClNO3S2/c1-2-3-13-8(14)10-7-5-15(11,12)4-6(7)9/h6-7H,2-5H2,1H3,(H,10,14)/t6-,7-/m1/s1. The van der Waals surface area contributed by atoms with Crippen LogP contribution in [0.1, 0.15) is 13.3 Å². The number of nitrogens with one attached hydrogen (secondary N) is 1. The molecule has 1 fully saturated rings. The molecule has 0 aromatic heterocycles. The molecule has 1 rings (SSSR count). The lowest BCUT2D eigenvalue weighted by atomic mass is 10.3. The van der Waals surface area contributed by atoms with Crippen molar-refractivity contribution < 1.29 is 13.2 Å². The summed E-state index contributed by atoms with van der Waals surface area (Å²) in [6.07, 6.45) is 0.856. The molecular formula is C8H14ClNO3S2. The Balaban J connectivity index is 2.43. The summed E-state index contributed by atoms with van der Waals surface area (Å²) in [5, 5.41) is 2.61. The van der Waals surface area contributed by atoms with Gasteiger partial charge in [0.05, 0.1) is 29.5 Å². The van der Waals surface area contributed by atoms with Crippen molar-refractivity contribution in [3.05, 3.63) is 0 Å². The zero-order valence-electron chi connectivity index (χ0n) is 8.40. The van der Waals surface area contributed by atoms with Gasteiger partial charge in [0.25, 0.3) is 5.17 Å². The molecule has 0 aromatic rings. The van der Waals surface area contributed by atoms with Crippen molar-refractivity contribution >= 4 is 38.8 Å². The molecule has 0 aliphatic carbocycles. The number of hydrogen-bond donors (Lipinski definition) is 1. The van der Waals surface area contributed by atoms with Crippen LogP contribution >= 0.6 is 23.8 Å². The maximum Gasteiger partial charge on any atom is 0.256 e. The van der Waals surface area contributed by atoms with Crippen molar-refractivity contribution in [3.63, 3.8) is 0 Å². The first-order valence-corrected chi connectivity index (χ1v) is 7.39. The number of alkyl halides is 1. The van der Waals surface area contributed by atoms with Crippen LogP contribution in [0, 0.1) is 0 Å². The largest absolute Gasteiger partial charge is 0.471 e. The molecule has 1 aliphatic heterocycles. The molecule has 1 saturated heterocycles. The van der Waals surface area contributed by atoms with E-state index in [1.54, 1.807) is 0 Å². The van der Waals surface area contributed by atoms with E-state index in [1.165, 1.54) is 0 Å². The summed E-state index contributed by atoms with van der Waals surface area (Å²) in [7, 11) is -3.02. The summed E-state index contributed by atoms with van der Waals surface area (Å²) in [6, 6.07) is -0.332. The second kappa shape index (κ2) is 5.32. The average Bonchev–Trinajstić information content (AvgIpc) is 2.36. The van der Waals surface area contributed by atoms with Gasteiger partial charge in [-0.3, -0.25) is 0 Å². The summed E-state index contributed by atoms with van der Waals surface area (Å²) in [4.78, 5) is 0. The van der Waals surface area contributed by atoms with Crippen LogP contribution in [-0.2, 0) is 14.6 Å². The van der Waals surface area contributed by atoms with Gasteiger partial charge in [-0.2, -0.15) is 0 Å². The predicted octanol–water partition coefficient (Wildman–Crippen LogP) is 0.692. The zero-order valence-corrected chi connectivity index (χ0v) is 10.8. The van der Waals surface area contributed by atoms with Gasteiger partial charge in [0.15, 0.2) is 9.84 Å². The lowest BCUT2D eigenvalue weighted by Gasteiger charge is -2.16. The minimum Gasteiger partial charge on any atom is -0.471 e. The molecule has 1 heterocycles. The normalized spacial score (nSPS) is 28.7. The summed E-state index contributed by atoms with van der Waals surface area (Å²) in [5.74, 6) is 0.0272. The second-order valence-corrected chi connectivity index (χ2v) is 6.56. The van der Waals surface area contributed by atoms with E-state index in [2.05, 4.69) is 5.32 Å². The molecule has 0 amide bonds. The summed E-state index contributed by atoms with van der Waals surface area (Å²) in [5.41, 5.74) is 0. The van der Waals surface area contributed by atoms with Gasteiger partial charge in [0.1, 0.15) is 0 Å². The molecule has 88 valence electrons. The molecule has 0 spiro atoms. The van der Waals surface area contributed by atoms with Crippen LogP contribution in [0.15, 0.2) is 0 Å². The van der Waals surface area contributed by atoms with Gasteiger partial charge in [-0.15, -0.1) is 11.6 Å². The Hall–Kier alpha value is -0.0700. The van der Waals surface area contributed by atoms with Crippen molar-refractivity contribution in [2.45, 2.75) is 24.8 Å². The highest BCUT2D eigenvalue weighted by Crippen LogP contribution is 2.17. The second-order valence-electron chi connectivity index (χ2n) is 3.48. The number of thiocarbonyl (C=S) groups is 1. The quantitative estimate of drug-likeness (QED) is 0.605. The Morgan fingerprint density at radius 2 is 2.27 bits per heavy atom. The number of halogens is 1. The average molecular weight is 272 g/mol. The van der Waals surface area contributed by atoms with E-state index < -0.39 is 15.2 Å². The van der Waals surface area contributed by atoms with Gasteiger partial charge < -0.3 is 10.1 Å². The SMILES string of the molecule is CCCOC(=S)N[C@@H]1CS(=O)(=O)C[C@H]1Cl. The van der Waals surface area contributed by atoms with E-state index in [1.807, 2.05) is 6.92 Å². The molecule has 0 bridgehead atoms. The Morgan fingerprint density at radius 3 is 2.73 bits per heavy atom. The van der Waals surface area contributed by atoms with Gasteiger partial charge in [-0.1, -0.05) is 6.92 Å². The Labute approximate surface area is 100 Å². The van der Waals surface area contributed by atoms with Crippen molar-refractivity contribution in [3.8, 4) is 0 Å². The van der Waals surface area contributed by atoms with Gasteiger partial charge in [0, 0.05) is 0 Å². The van der Waals surface area contributed by atoms with Crippen LogP contribution in [0.25, 0.3) is 0 Å². The Kier molecular flexibility index (Phi) is 4.61. The smallest absolute Gasteiger partial charge is 0.256 e. The fourth-order valence-electron chi connectivity index (χ4n) is 1.32. The van der Waals surface area contributed by atoms with E-state index in [0.717, 1.165) is 6.42 Å². The monoisotopic (exact) mass is 271 g/mol. The maximum absolute atomic E-state index is 11.2. The fourth-order valence-corrected chi connectivity index (χ4v) is 4.11. The van der Waals surface area contributed by atoms with Gasteiger partial charge in [0.2, 0.25) is 0 Å². The zero-order chi connectivity index (χ0) is 11.5. The summed E-state index contributed by atoms with van der Waals surface area (Å²) in [6.45, 7) is 2.49. The van der Waals surface area contributed by atoms with Crippen molar-refractivity contribution in [1.82, 2.24) is 5.32 Å². The first-order chi connectivity index (χ1) is 6.94. The molecule has 0 saturated carbocycles. The van der Waals surface area contributed by atoms with Crippen LogP contribution in [0.5, 0.6) is 0 Å². The molecule has 15 heavy (non-hydrogen) atoms. The van der Waals surface area contributed by atoms with Crippen molar-refractivity contribution in [1.29, 1.82) is 0 Å². The summed E-state index contributed by atoms with van der Waals surface area (Å²) < 4.78 is 27.6. The van der Waals surface area contributed by atoms with E-state index in [-0.39, 0.29) is 22.7 Å². The van der Waals surface area contributed by atoms with Gasteiger partial charge >= 0.3 is 0 Å². The van der Waals surface area contributed by atoms with Crippen molar-refractivity contribution in [2.75, 3.05) is 18.1 Å². The van der Waals surface area contributed by atoms with E-state index >= 15 is 0 Å². The molecular weight excluding hydrogens is 258 g/mol. The topological polar surface area (TPSA) is 55.4 Å². The Bertz CT molecular complexity index is 331. The highest BCUT2D eigenvalue weighted by Gasteiger charge is 2.36. The van der Waals surface area contributed by atoms with Crippen molar-refractivity contribution in [2.24, 2.45) is 0 Å². The minimum atomic E-state index is -3.02. The molecule has 2 atom stereocenters. The maximum atomic E-state index is 11.2. The molecule has 1 aliphatic rings. The third-order valence-electron chi connectivity index (χ3n) is 2.02. The molecule has 1 N–H and O–H groups in total. The molecule has 0 unspecified atom stereocenters. The lowest BCUT2D eigenvalue weighted by molar-refractivity contribution is 0.294. The highest BCUT2D eigenvalue weighted by molar-refractivity contribution is 7.91. The first kappa shape index (κ1) is 13.0. The van der Waals surface area contributed by atoms with Crippen LogP contribution in [0.4, 0.5) is 0 Å². The predicted molar refractivity (Wildman–Crippen MR) is 64.1 cm³/mol. The van der Waals surface area contributed by atoms with E-state index in [9.17, 15) is 8.42 Å². The lowest BCUT2D eigenvalue weighted by Crippen LogP contribution is -2.40. The van der Waals surface area contributed by atoms with Crippen LogP contribution in [0.3, 0.4) is 0 Å². The number of sulfone groups is 1. The number of hydrogen-bond acceptors (Lipinski definition) is 4. The van der Waals surface area contributed by atoms with Crippen LogP contribution in [-0.4, -0.2) is 43.1 Å². The minimum absolute atomic E-state index is 0.00259. The Morgan fingerprint density at radius 1 is 1.60 bits per heavy atom. The van der Waals surface area contributed by atoms with E-state index in [4.69, 9.17) is 28.6 Å². The molecule has 4 nitrogen and oxygen atoms in total. The third-order valence-corrected chi connectivity index (χ3v) is 4.63. The number of rotatable bonds is 3. The summed E-state index contributed by atoms with van der Waals surface area (Å²) >= 11 is 10.8. The molecule has 7 heteroatoms. The molecule has 0 radical (unpaired) electrons. The fraction of sp³-hybridized carbons (Fsp3) is 0.875. The molecule has 0 aromatic carbocycles. The van der Waals surface area contributed by atoms with Crippen LogP contribution < -0.4 is 5.32 Å². The first-order valence-electron chi connectivity index (χ1n) is 4.72. The number of ether oxygens (including phenoxy) is 1.